The molecule has 0 spiro atoms. The average molecular weight is 346 g/mol. The van der Waals surface area contributed by atoms with Gasteiger partial charge < -0.3 is 14.6 Å². The Kier molecular flexibility index (Phi) is 4.35. The average Bonchev–Trinajstić information content (AvgIpc) is 2.96. The summed E-state index contributed by atoms with van der Waals surface area (Å²) >= 11 is 1.38. The van der Waals surface area contributed by atoms with E-state index in [0.29, 0.717) is 28.4 Å². The first-order valence-electron chi connectivity index (χ1n) is 7.25. The predicted molar refractivity (Wildman–Crippen MR) is 85.4 cm³/mol. The summed E-state index contributed by atoms with van der Waals surface area (Å²) < 4.78 is 10.5. The molecule has 0 amide bonds. The largest absolute Gasteiger partial charge is 0.488 e. The van der Waals surface area contributed by atoms with E-state index in [9.17, 15) is 14.4 Å². The van der Waals surface area contributed by atoms with Crippen LogP contribution >= 0.6 is 11.3 Å². The number of carbonyl (C=O) groups is 3. The van der Waals surface area contributed by atoms with E-state index in [1.54, 1.807) is 18.2 Å². The Balaban J connectivity index is 1.78. The molecule has 1 N–H and O–H groups in total. The molecule has 1 aromatic carbocycles. The van der Waals surface area contributed by atoms with Gasteiger partial charge in [-0.25, -0.2) is 4.79 Å². The third-order valence-corrected chi connectivity index (χ3v) is 4.59. The quantitative estimate of drug-likeness (QED) is 0.855. The monoisotopic (exact) mass is 346 g/mol. The molecule has 0 aliphatic carbocycles. The van der Waals surface area contributed by atoms with Crippen LogP contribution in [0.5, 0.6) is 5.75 Å². The minimum atomic E-state index is -1.20. The molecule has 1 aliphatic heterocycles. The van der Waals surface area contributed by atoms with Crippen molar-refractivity contribution in [3.63, 3.8) is 0 Å². The van der Waals surface area contributed by atoms with Crippen molar-refractivity contribution in [1.82, 2.24) is 0 Å². The Morgan fingerprint density at radius 1 is 1.38 bits per heavy atom. The molecule has 2 heterocycles. The minimum Gasteiger partial charge on any atom is -0.488 e. The summed E-state index contributed by atoms with van der Waals surface area (Å²) in [5.41, 5.74) is 1.89. The second kappa shape index (κ2) is 6.45. The van der Waals surface area contributed by atoms with Crippen molar-refractivity contribution in [2.45, 2.75) is 26.1 Å². The van der Waals surface area contributed by atoms with Crippen molar-refractivity contribution >= 4 is 29.1 Å². The fourth-order valence-corrected chi connectivity index (χ4v) is 3.23. The molecular formula is C17H14O6S. The zero-order valence-electron chi connectivity index (χ0n) is 12.8. The maximum absolute atomic E-state index is 12.5. The summed E-state index contributed by atoms with van der Waals surface area (Å²) in [5.74, 6) is -1.53. The number of rotatable bonds is 4. The Labute approximate surface area is 141 Å². The molecule has 24 heavy (non-hydrogen) atoms. The SMILES string of the molecule is CC(OC(=O)Cc1ccc2c(c1)OCc1ccsc1C2=O)C(=O)O. The van der Waals surface area contributed by atoms with Crippen LogP contribution in [0.1, 0.15) is 33.3 Å². The highest BCUT2D eigenvalue weighted by Crippen LogP contribution is 2.32. The maximum atomic E-state index is 12.5. The van der Waals surface area contributed by atoms with Crippen molar-refractivity contribution < 1.29 is 29.0 Å². The smallest absolute Gasteiger partial charge is 0.344 e. The third-order valence-electron chi connectivity index (χ3n) is 3.63. The number of carboxylic acid groups (broad SMARTS) is 1. The van der Waals surface area contributed by atoms with Crippen LogP contribution < -0.4 is 4.74 Å². The molecule has 124 valence electrons. The van der Waals surface area contributed by atoms with E-state index in [4.69, 9.17) is 14.6 Å². The Morgan fingerprint density at radius 3 is 2.92 bits per heavy atom. The first-order chi connectivity index (χ1) is 11.5. The van der Waals surface area contributed by atoms with Gasteiger partial charge in [-0.15, -0.1) is 11.3 Å². The highest BCUT2D eigenvalue weighted by molar-refractivity contribution is 7.12. The molecule has 0 fully saturated rings. The van der Waals surface area contributed by atoms with Gasteiger partial charge in [0.25, 0.3) is 0 Å². The van der Waals surface area contributed by atoms with Gasteiger partial charge in [-0.2, -0.15) is 0 Å². The summed E-state index contributed by atoms with van der Waals surface area (Å²) in [7, 11) is 0. The second-order valence-corrected chi connectivity index (χ2v) is 6.29. The lowest BCUT2D eigenvalue weighted by atomic mass is 10.0. The van der Waals surface area contributed by atoms with Gasteiger partial charge in [0.2, 0.25) is 5.78 Å². The molecule has 1 aliphatic rings. The lowest BCUT2D eigenvalue weighted by Gasteiger charge is -2.11. The summed E-state index contributed by atoms with van der Waals surface area (Å²) in [6.45, 7) is 1.58. The van der Waals surface area contributed by atoms with Crippen LogP contribution in [0.2, 0.25) is 0 Å². The van der Waals surface area contributed by atoms with Crippen LogP contribution in [-0.2, 0) is 27.4 Å². The van der Waals surface area contributed by atoms with Crippen molar-refractivity contribution in [2.75, 3.05) is 0 Å². The molecule has 0 saturated heterocycles. The van der Waals surface area contributed by atoms with E-state index in [1.807, 2.05) is 11.4 Å². The molecule has 3 rings (SSSR count). The van der Waals surface area contributed by atoms with Gasteiger partial charge in [0.1, 0.15) is 12.4 Å². The molecular weight excluding hydrogens is 332 g/mol. The van der Waals surface area contributed by atoms with Crippen LogP contribution in [0, 0.1) is 0 Å². The van der Waals surface area contributed by atoms with Gasteiger partial charge in [0.05, 0.1) is 16.9 Å². The number of hydrogen-bond donors (Lipinski definition) is 1. The van der Waals surface area contributed by atoms with Crippen LogP contribution in [0.15, 0.2) is 29.6 Å². The molecule has 0 saturated carbocycles. The van der Waals surface area contributed by atoms with Gasteiger partial charge >= 0.3 is 11.9 Å². The molecule has 6 nitrogen and oxygen atoms in total. The number of ketones is 1. The Morgan fingerprint density at radius 2 is 2.17 bits per heavy atom. The predicted octanol–water partition coefficient (Wildman–Crippen LogP) is 2.43. The van der Waals surface area contributed by atoms with Crippen molar-refractivity contribution in [1.29, 1.82) is 0 Å². The number of carbonyl (C=O) groups excluding carboxylic acids is 2. The Bertz CT molecular complexity index is 822. The van der Waals surface area contributed by atoms with E-state index < -0.39 is 18.0 Å². The van der Waals surface area contributed by atoms with Crippen LogP contribution in [0.25, 0.3) is 0 Å². The zero-order valence-corrected chi connectivity index (χ0v) is 13.6. The number of benzene rings is 1. The lowest BCUT2D eigenvalue weighted by Crippen LogP contribution is -2.24. The molecule has 1 unspecified atom stereocenters. The lowest BCUT2D eigenvalue weighted by molar-refractivity contribution is -0.162. The van der Waals surface area contributed by atoms with Crippen LogP contribution in [0.4, 0.5) is 0 Å². The van der Waals surface area contributed by atoms with Crippen molar-refractivity contribution in [2.24, 2.45) is 0 Å². The van der Waals surface area contributed by atoms with E-state index in [2.05, 4.69) is 0 Å². The number of esters is 1. The number of ether oxygens (including phenoxy) is 2. The summed E-state index contributed by atoms with van der Waals surface area (Å²) in [6.07, 6.45) is -1.29. The number of hydrogen-bond acceptors (Lipinski definition) is 6. The molecule has 0 radical (unpaired) electrons. The van der Waals surface area contributed by atoms with E-state index >= 15 is 0 Å². The fraction of sp³-hybridized carbons (Fsp3) is 0.235. The van der Waals surface area contributed by atoms with E-state index in [0.717, 1.165) is 5.56 Å². The number of fused-ring (bicyclic) bond motifs is 2. The first-order valence-corrected chi connectivity index (χ1v) is 8.12. The first kappa shape index (κ1) is 16.2. The molecule has 2 aromatic rings. The zero-order chi connectivity index (χ0) is 17.3. The number of thiophene rings is 1. The standard InChI is InChI=1S/C17H14O6S/c1-9(17(20)21)23-14(18)7-10-2-3-12-13(6-10)22-8-11-4-5-24-16(11)15(12)19/h2-6,9H,7-8H2,1H3,(H,20,21). The molecule has 1 aromatic heterocycles. The van der Waals surface area contributed by atoms with E-state index in [-0.39, 0.29) is 12.2 Å². The van der Waals surface area contributed by atoms with E-state index in [1.165, 1.54) is 18.3 Å². The highest BCUT2D eigenvalue weighted by Gasteiger charge is 2.24. The van der Waals surface area contributed by atoms with Gasteiger partial charge in [-0.3, -0.25) is 9.59 Å². The third kappa shape index (κ3) is 3.16. The normalized spacial score (nSPS) is 14.0. The van der Waals surface area contributed by atoms with Crippen LogP contribution in [-0.4, -0.2) is 28.9 Å². The van der Waals surface area contributed by atoms with Gasteiger partial charge in [-0.05, 0) is 36.1 Å². The van der Waals surface area contributed by atoms with Gasteiger partial charge in [0.15, 0.2) is 6.10 Å². The molecule has 0 bridgehead atoms. The second-order valence-electron chi connectivity index (χ2n) is 5.37. The molecule has 1 atom stereocenters. The summed E-state index contributed by atoms with van der Waals surface area (Å²) in [6, 6.07) is 6.74. The Hall–Kier alpha value is -2.67. The maximum Gasteiger partial charge on any atom is 0.344 e. The minimum absolute atomic E-state index is 0.0930. The van der Waals surface area contributed by atoms with Crippen molar-refractivity contribution in [3.8, 4) is 5.75 Å². The summed E-state index contributed by atoms with van der Waals surface area (Å²) in [5, 5.41) is 10.6. The topological polar surface area (TPSA) is 89.9 Å². The van der Waals surface area contributed by atoms with Gasteiger partial charge in [0, 0.05) is 5.56 Å². The van der Waals surface area contributed by atoms with Crippen molar-refractivity contribution in [3.05, 3.63) is 51.2 Å². The highest BCUT2D eigenvalue weighted by atomic mass is 32.1. The number of aliphatic carboxylic acids is 1. The van der Waals surface area contributed by atoms with Gasteiger partial charge in [-0.1, -0.05) is 6.07 Å². The number of carboxylic acids is 1. The summed E-state index contributed by atoms with van der Waals surface area (Å²) in [4.78, 5) is 35.7. The van der Waals surface area contributed by atoms with Crippen LogP contribution in [0.3, 0.4) is 0 Å². The fourth-order valence-electron chi connectivity index (χ4n) is 2.37. The molecule has 7 heteroatoms.